The van der Waals surface area contributed by atoms with E-state index in [1.54, 1.807) is 7.11 Å². The second kappa shape index (κ2) is 10.9. The van der Waals surface area contributed by atoms with Gasteiger partial charge >= 0.3 is 0 Å². The summed E-state index contributed by atoms with van der Waals surface area (Å²) in [7, 11) is 1.73. The van der Waals surface area contributed by atoms with E-state index in [-0.39, 0.29) is 5.43 Å². The summed E-state index contributed by atoms with van der Waals surface area (Å²) in [5.41, 5.74) is 4.23. The number of nitrogens with zero attached hydrogens (tertiary/aromatic N) is 2. The number of rotatable bonds is 8. The summed E-state index contributed by atoms with van der Waals surface area (Å²) in [6, 6.07) is 23.8. The predicted octanol–water partition coefficient (Wildman–Crippen LogP) is 5.40. The molecule has 1 N–H and O–H groups in total. The van der Waals surface area contributed by atoms with Gasteiger partial charge in [0.25, 0.3) is 0 Å². The summed E-state index contributed by atoms with van der Waals surface area (Å²) < 4.78 is 11.9. The van der Waals surface area contributed by atoms with E-state index < -0.39 is 0 Å². The molecule has 5 rings (SSSR count). The van der Waals surface area contributed by atoms with Crippen molar-refractivity contribution in [2.75, 3.05) is 56.6 Å². The van der Waals surface area contributed by atoms with Crippen LogP contribution in [-0.4, -0.2) is 51.3 Å². The first-order valence-electron chi connectivity index (χ1n) is 12.6. The molecule has 1 aromatic heterocycles. The number of hydrogen-bond acceptors (Lipinski definition) is 6. The van der Waals surface area contributed by atoms with Crippen molar-refractivity contribution < 1.29 is 9.15 Å². The lowest BCUT2D eigenvalue weighted by Crippen LogP contribution is -2.46. The Morgan fingerprint density at radius 1 is 0.917 bits per heavy atom. The minimum Gasteiger partial charge on any atom is -0.495 e. The van der Waals surface area contributed by atoms with Gasteiger partial charge in [-0.2, -0.15) is 0 Å². The predicted molar refractivity (Wildman–Crippen MR) is 147 cm³/mol. The Hall–Kier alpha value is -3.77. The number of benzene rings is 3. The van der Waals surface area contributed by atoms with Crippen molar-refractivity contribution in [2.45, 2.75) is 13.3 Å². The van der Waals surface area contributed by atoms with Crippen LogP contribution in [-0.2, 0) is 0 Å². The number of ether oxygens (including phenoxy) is 1. The fraction of sp³-hybridized carbons (Fsp3) is 0.300. The first-order valence-corrected chi connectivity index (χ1v) is 12.6. The van der Waals surface area contributed by atoms with Crippen molar-refractivity contribution >= 4 is 22.3 Å². The van der Waals surface area contributed by atoms with Gasteiger partial charge in [-0.3, -0.25) is 9.69 Å². The summed E-state index contributed by atoms with van der Waals surface area (Å²) in [6.45, 7) is 7.71. The average Bonchev–Trinajstić information content (AvgIpc) is 2.94. The van der Waals surface area contributed by atoms with E-state index in [0.717, 1.165) is 62.7 Å². The highest BCUT2D eigenvalue weighted by atomic mass is 16.5. The smallest absolute Gasteiger partial charge is 0.196 e. The molecule has 1 saturated heterocycles. The van der Waals surface area contributed by atoms with Gasteiger partial charge in [-0.15, -0.1) is 0 Å². The Labute approximate surface area is 212 Å². The molecule has 0 aliphatic carbocycles. The number of hydrogen-bond donors (Lipinski definition) is 1. The molecule has 0 atom stereocenters. The van der Waals surface area contributed by atoms with Gasteiger partial charge in [0.1, 0.15) is 11.5 Å². The Bertz CT molecular complexity index is 1380. The Morgan fingerprint density at radius 2 is 1.67 bits per heavy atom. The van der Waals surface area contributed by atoms with Gasteiger partial charge in [-0.1, -0.05) is 48.5 Å². The molecule has 2 heterocycles. The molecule has 0 amide bonds. The lowest BCUT2D eigenvalue weighted by molar-refractivity contribution is 0.256. The van der Waals surface area contributed by atoms with Crippen LogP contribution in [0.2, 0.25) is 0 Å². The Morgan fingerprint density at radius 3 is 2.44 bits per heavy atom. The number of para-hydroxylation sites is 3. The van der Waals surface area contributed by atoms with Gasteiger partial charge in [0, 0.05) is 43.9 Å². The third-order valence-corrected chi connectivity index (χ3v) is 6.95. The molecule has 36 heavy (non-hydrogen) atoms. The van der Waals surface area contributed by atoms with Crippen molar-refractivity contribution in [3.8, 4) is 17.1 Å². The van der Waals surface area contributed by atoms with Crippen LogP contribution >= 0.6 is 0 Å². The van der Waals surface area contributed by atoms with E-state index in [1.165, 1.54) is 5.69 Å². The standard InChI is InChI=1S/C30H33N3O3/c1-22-28(34)24-12-8-13-25(30(24)36-29(22)23-10-4-3-5-11-23)31-16-9-17-32-18-20-33(21-19-32)26-14-6-7-15-27(26)35-2/h3-8,10-15,31H,9,16-21H2,1-2H3. The molecular weight excluding hydrogens is 450 g/mol. The zero-order valence-corrected chi connectivity index (χ0v) is 21.0. The van der Waals surface area contributed by atoms with Gasteiger partial charge in [-0.05, 0) is 44.2 Å². The van der Waals surface area contributed by atoms with Gasteiger partial charge < -0.3 is 19.4 Å². The van der Waals surface area contributed by atoms with Gasteiger partial charge in [0.05, 0.1) is 23.9 Å². The molecule has 3 aromatic carbocycles. The van der Waals surface area contributed by atoms with Crippen molar-refractivity contribution in [3.63, 3.8) is 0 Å². The van der Waals surface area contributed by atoms with Crippen LogP contribution in [0.4, 0.5) is 11.4 Å². The normalized spacial score (nSPS) is 14.2. The van der Waals surface area contributed by atoms with E-state index >= 15 is 0 Å². The second-order valence-corrected chi connectivity index (χ2v) is 9.21. The SMILES string of the molecule is COc1ccccc1N1CCN(CCCNc2cccc3c(=O)c(C)c(-c4ccccc4)oc23)CC1. The molecule has 0 radical (unpaired) electrons. The lowest BCUT2D eigenvalue weighted by atomic mass is 10.1. The fourth-order valence-corrected chi connectivity index (χ4v) is 4.94. The summed E-state index contributed by atoms with van der Waals surface area (Å²) >= 11 is 0. The second-order valence-electron chi connectivity index (χ2n) is 9.21. The highest BCUT2D eigenvalue weighted by molar-refractivity contribution is 5.90. The number of methoxy groups -OCH3 is 1. The van der Waals surface area contributed by atoms with Crippen LogP contribution in [0.15, 0.2) is 82.0 Å². The molecule has 0 bridgehead atoms. The van der Waals surface area contributed by atoms with Crippen molar-refractivity contribution in [1.82, 2.24) is 4.90 Å². The van der Waals surface area contributed by atoms with Crippen LogP contribution < -0.4 is 20.4 Å². The molecule has 1 aliphatic heterocycles. The van der Waals surface area contributed by atoms with Crippen molar-refractivity contribution in [1.29, 1.82) is 0 Å². The van der Waals surface area contributed by atoms with Gasteiger partial charge in [-0.25, -0.2) is 0 Å². The average molecular weight is 484 g/mol. The molecule has 186 valence electrons. The number of fused-ring (bicyclic) bond motifs is 1. The van der Waals surface area contributed by atoms with Crippen molar-refractivity contribution in [3.05, 3.63) is 88.6 Å². The highest BCUT2D eigenvalue weighted by Gasteiger charge is 2.19. The zero-order valence-electron chi connectivity index (χ0n) is 21.0. The van der Waals surface area contributed by atoms with E-state index in [1.807, 2.05) is 67.6 Å². The third kappa shape index (κ3) is 4.95. The molecule has 0 saturated carbocycles. The number of nitrogens with one attached hydrogen (secondary N) is 1. The molecule has 6 nitrogen and oxygen atoms in total. The quantitative estimate of drug-likeness (QED) is 0.339. The molecule has 1 aliphatic rings. The number of anilines is 2. The van der Waals surface area contributed by atoms with Crippen LogP contribution in [0.1, 0.15) is 12.0 Å². The fourth-order valence-electron chi connectivity index (χ4n) is 4.94. The highest BCUT2D eigenvalue weighted by Crippen LogP contribution is 2.30. The van der Waals surface area contributed by atoms with E-state index in [4.69, 9.17) is 9.15 Å². The van der Waals surface area contributed by atoms with E-state index in [9.17, 15) is 4.79 Å². The van der Waals surface area contributed by atoms with Crippen LogP contribution in [0, 0.1) is 6.92 Å². The van der Waals surface area contributed by atoms with E-state index in [2.05, 4.69) is 27.2 Å². The maximum Gasteiger partial charge on any atom is 0.196 e. The van der Waals surface area contributed by atoms with Gasteiger partial charge in [0.2, 0.25) is 0 Å². The largest absolute Gasteiger partial charge is 0.495 e. The summed E-state index contributed by atoms with van der Waals surface area (Å²) in [5.74, 6) is 1.57. The minimum absolute atomic E-state index is 0.0201. The van der Waals surface area contributed by atoms with Crippen molar-refractivity contribution in [2.24, 2.45) is 0 Å². The summed E-state index contributed by atoms with van der Waals surface area (Å²) in [5, 5.41) is 4.13. The van der Waals surface area contributed by atoms with E-state index in [0.29, 0.717) is 22.3 Å². The Kier molecular flexibility index (Phi) is 7.23. The Balaban J connectivity index is 1.20. The zero-order chi connectivity index (χ0) is 24.9. The summed E-state index contributed by atoms with van der Waals surface area (Å²) in [6.07, 6.45) is 1.01. The molecular formula is C30H33N3O3. The first kappa shape index (κ1) is 23.9. The first-order chi connectivity index (χ1) is 17.7. The molecule has 4 aromatic rings. The van der Waals surface area contributed by atoms with Crippen LogP contribution in [0.25, 0.3) is 22.3 Å². The maximum absolute atomic E-state index is 13.1. The molecule has 6 heteroatoms. The molecule has 0 spiro atoms. The maximum atomic E-state index is 13.1. The summed E-state index contributed by atoms with van der Waals surface area (Å²) in [4.78, 5) is 18.0. The molecule has 1 fully saturated rings. The topological polar surface area (TPSA) is 58.0 Å². The van der Waals surface area contributed by atoms with Crippen LogP contribution in [0.5, 0.6) is 5.75 Å². The minimum atomic E-state index is 0.0201. The van der Waals surface area contributed by atoms with Crippen LogP contribution in [0.3, 0.4) is 0 Å². The molecule has 0 unspecified atom stereocenters. The number of piperazine rings is 1. The monoisotopic (exact) mass is 483 g/mol. The van der Waals surface area contributed by atoms with Gasteiger partial charge in [0.15, 0.2) is 11.0 Å². The third-order valence-electron chi connectivity index (χ3n) is 6.95. The lowest BCUT2D eigenvalue weighted by Gasteiger charge is -2.36.